The van der Waals surface area contributed by atoms with Crippen molar-refractivity contribution in [1.82, 2.24) is 10.2 Å². The van der Waals surface area contributed by atoms with Crippen molar-refractivity contribution in [3.63, 3.8) is 0 Å². The number of anilines is 1. The standard InChI is InChI=1S/C29H24BrN3O6S2/c1-15-4-6-16(7-5-15)14-40-29-32-31-28(41-29)33-23(18-12-20(30)25(35)21(13-18)39-3)22(26(36)27(33)37)24(34)17-8-10-19(38-2)11-9-17/h4-13,23,34-35H,14H2,1-3H3/b24-22-. The Labute approximate surface area is 252 Å². The molecule has 1 aliphatic heterocycles. The van der Waals surface area contributed by atoms with Crippen LogP contribution in [0.5, 0.6) is 17.2 Å². The second-order valence-corrected chi connectivity index (χ2v) is 12.1. The van der Waals surface area contributed by atoms with Crippen LogP contribution in [0.3, 0.4) is 0 Å². The van der Waals surface area contributed by atoms with Gasteiger partial charge in [-0.25, -0.2) is 0 Å². The van der Waals surface area contributed by atoms with Crippen molar-refractivity contribution >= 4 is 61.6 Å². The summed E-state index contributed by atoms with van der Waals surface area (Å²) in [5, 5.41) is 30.5. The number of phenolic OH excluding ortho intramolecular Hbond substituents is 1. The summed E-state index contributed by atoms with van der Waals surface area (Å²) in [6, 6.07) is 16.6. The van der Waals surface area contributed by atoms with Gasteiger partial charge in [-0.15, -0.1) is 10.2 Å². The molecule has 1 atom stereocenters. The molecular weight excluding hydrogens is 630 g/mol. The molecule has 0 bridgehead atoms. The molecule has 0 saturated carbocycles. The van der Waals surface area contributed by atoms with Crippen molar-refractivity contribution in [2.75, 3.05) is 19.1 Å². The van der Waals surface area contributed by atoms with Crippen molar-refractivity contribution in [3.8, 4) is 17.2 Å². The van der Waals surface area contributed by atoms with Gasteiger partial charge in [-0.1, -0.05) is 52.9 Å². The summed E-state index contributed by atoms with van der Waals surface area (Å²) in [4.78, 5) is 28.2. The number of aliphatic hydroxyl groups is 1. The monoisotopic (exact) mass is 653 g/mol. The first-order valence-corrected chi connectivity index (χ1v) is 14.8. The van der Waals surface area contributed by atoms with Gasteiger partial charge in [0.2, 0.25) is 5.13 Å². The van der Waals surface area contributed by atoms with Crippen molar-refractivity contribution in [2.45, 2.75) is 23.1 Å². The fraction of sp³-hybridized carbons (Fsp3) is 0.172. The number of methoxy groups -OCH3 is 2. The number of carbonyl (C=O) groups excluding carboxylic acids is 2. The number of halogens is 1. The number of hydrogen-bond acceptors (Lipinski definition) is 10. The Morgan fingerprint density at radius 3 is 2.41 bits per heavy atom. The van der Waals surface area contributed by atoms with Crippen LogP contribution in [0.15, 0.2) is 75.0 Å². The zero-order valence-corrected chi connectivity index (χ0v) is 25.3. The third kappa shape index (κ3) is 5.67. The summed E-state index contributed by atoms with van der Waals surface area (Å²) in [5.74, 6) is -0.910. The second-order valence-electron chi connectivity index (χ2n) is 9.08. The van der Waals surface area contributed by atoms with Crippen molar-refractivity contribution in [3.05, 3.63) is 93.0 Å². The lowest BCUT2D eigenvalue weighted by Crippen LogP contribution is -2.29. The van der Waals surface area contributed by atoms with E-state index in [1.165, 1.54) is 53.8 Å². The number of nitrogens with zero attached hydrogens (tertiary/aromatic N) is 3. The van der Waals surface area contributed by atoms with Crippen molar-refractivity contribution < 1.29 is 29.3 Å². The predicted octanol–water partition coefficient (Wildman–Crippen LogP) is 6.25. The molecule has 3 aromatic carbocycles. The van der Waals surface area contributed by atoms with E-state index in [2.05, 4.69) is 26.1 Å². The van der Waals surface area contributed by atoms with Gasteiger partial charge in [0.05, 0.1) is 30.3 Å². The number of phenols is 1. The average Bonchev–Trinajstić information content (AvgIpc) is 3.55. The predicted molar refractivity (Wildman–Crippen MR) is 161 cm³/mol. The number of thioether (sulfide) groups is 1. The molecule has 1 unspecified atom stereocenters. The van der Waals surface area contributed by atoms with Crippen molar-refractivity contribution in [1.29, 1.82) is 0 Å². The average molecular weight is 655 g/mol. The Balaban J connectivity index is 1.58. The van der Waals surface area contributed by atoms with Gasteiger partial charge < -0.3 is 19.7 Å². The zero-order valence-electron chi connectivity index (χ0n) is 22.1. The molecule has 41 heavy (non-hydrogen) atoms. The maximum absolute atomic E-state index is 13.5. The number of ketones is 1. The molecule has 9 nitrogen and oxygen atoms in total. The molecule has 4 aromatic rings. The summed E-state index contributed by atoms with van der Waals surface area (Å²) >= 11 is 5.95. The lowest BCUT2D eigenvalue weighted by atomic mass is 9.95. The summed E-state index contributed by atoms with van der Waals surface area (Å²) < 4.78 is 11.4. The molecule has 2 N–H and O–H groups in total. The first-order chi connectivity index (χ1) is 19.7. The number of aromatic nitrogens is 2. The minimum Gasteiger partial charge on any atom is -0.507 e. The molecule has 5 rings (SSSR count). The Kier molecular flexibility index (Phi) is 8.34. The van der Waals surface area contributed by atoms with Gasteiger partial charge in [-0.05, 0) is 70.4 Å². The maximum Gasteiger partial charge on any atom is 0.301 e. The van der Waals surface area contributed by atoms with E-state index in [0.29, 0.717) is 27.0 Å². The molecule has 1 fully saturated rings. The number of amides is 1. The van der Waals surface area contributed by atoms with Crippen LogP contribution < -0.4 is 14.4 Å². The Bertz CT molecular complexity index is 1650. The lowest BCUT2D eigenvalue weighted by molar-refractivity contribution is -0.132. The maximum atomic E-state index is 13.5. The third-order valence-electron chi connectivity index (χ3n) is 6.48. The second kappa shape index (κ2) is 11.9. The molecule has 2 heterocycles. The SMILES string of the molecule is COc1ccc(/C(O)=C2/C(=O)C(=O)N(c3nnc(SCc4ccc(C)cc4)s3)C2c2cc(Br)c(O)c(OC)c2)cc1. The number of aromatic hydroxyl groups is 1. The van der Waals surface area contributed by atoms with Crippen LogP contribution in [0.25, 0.3) is 5.76 Å². The molecule has 0 aliphatic carbocycles. The van der Waals surface area contributed by atoms with Crippen LogP contribution >= 0.6 is 39.0 Å². The lowest BCUT2D eigenvalue weighted by Gasteiger charge is -2.23. The van der Waals surface area contributed by atoms with Gasteiger partial charge in [-0.3, -0.25) is 14.5 Å². The Morgan fingerprint density at radius 1 is 1.05 bits per heavy atom. The van der Waals surface area contributed by atoms with Crippen LogP contribution in [-0.4, -0.2) is 46.3 Å². The van der Waals surface area contributed by atoms with E-state index in [1.54, 1.807) is 30.3 Å². The summed E-state index contributed by atoms with van der Waals surface area (Å²) in [6.45, 7) is 2.02. The molecule has 0 radical (unpaired) electrons. The highest BCUT2D eigenvalue weighted by Crippen LogP contribution is 2.47. The molecule has 1 amide bonds. The van der Waals surface area contributed by atoms with Crippen LogP contribution in [0, 0.1) is 6.92 Å². The molecule has 210 valence electrons. The minimum absolute atomic E-state index is 0.121. The first kappa shape index (κ1) is 28.7. The van der Waals surface area contributed by atoms with Gasteiger partial charge in [0.25, 0.3) is 5.78 Å². The number of carbonyl (C=O) groups is 2. The van der Waals surface area contributed by atoms with Gasteiger partial charge in [0.1, 0.15) is 11.5 Å². The number of ether oxygens (including phenoxy) is 2. The van der Waals surface area contributed by atoms with Crippen LogP contribution in [0.2, 0.25) is 0 Å². The third-order valence-corrected chi connectivity index (χ3v) is 9.21. The quantitative estimate of drug-likeness (QED) is 0.0747. The number of hydrogen-bond donors (Lipinski definition) is 2. The van der Waals surface area contributed by atoms with E-state index in [4.69, 9.17) is 9.47 Å². The highest BCUT2D eigenvalue weighted by Gasteiger charge is 2.48. The van der Waals surface area contributed by atoms with Gasteiger partial charge in [0, 0.05) is 11.3 Å². The smallest absolute Gasteiger partial charge is 0.301 e. The summed E-state index contributed by atoms with van der Waals surface area (Å²) in [7, 11) is 2.91. The number of aliphatic hydroxyl groups excluding tert-OH is 1. The van der Waals surface area contributed by atoms with Crippen molar-refractivity contribution in [2.24, 2.45) is 0 Å². The summed E-state index contributed by atoms with van der Waals surface area (Å²) in [5.41, 5.74) is 2.87. The zero-order chi connectivity index (χ0) is 29.3. The number of rotatable bonds is 8. The highest BCUT2D eigenvalue weighted by molar-refractivity contribution is 9.10. The van der Waals surface area contributed by atoms with E-state index in [1.807, 2.05) is 31.2 Å². The molecule has 1 aromatic heterocycles. The number of benzene rings is 3. The van der Waals surface area contributed by atoms with E-state index in [0.717, 1.165) is 5.56 Å². The fourth-order valence-corrected chi connectivity index (χ4v) is 6.63. The highest BCUT2D eigenvalue weighted by atomic mass is 79.9. The first-order valence-electron chi connectivity index (χ1n) is 12.3. The topological polar surface area (TPSA) is 122 Å². The number of Topliss-reactive ketones (excluding diaryl/α,β-unsaturated/α-hetero) is 1. The van der Waals surface area contributed by atoms with Gasteiger partial charge in [-0.2, -0.15) is 0 Å². The van der Waals surface area contributed by atoms with Crippen LogP contribution in [-0.2, 0) is 15.3 Å². The molecule has 12 heteroatoms. The van der Waals surface area contributed by atoms with Crippen LogP contribution in [0.4, 0.5) is 5.13 Å². The normalized spacial score (nSPS) is 16.3. The summed E-state index contributed by atoms with van der Waals surface area (Å²) in [6.07, 6.45) is 0. The number of aryl methyl sites for hydroxylation is 1. The Hall–Kier alpha value is -3.87. The van der Waals surface area contributed by atoms with E-state index in [9.17, 15) is 19.8 Å². The van der Waals surface area contributed by atoms with E-state index < -0.39 is 17.7 Å². The van der Waals surface area contributed by atoms with Gasteiger partial charge in [0.15, 0.2) is 15.8 Å². The largest absolute Gasteiger partial charge is 0.507 e. The molecular formula is C29H24BrN3O6S2. The fourth-order valence-electron chi connectivity index (χ4n) is 4.34. The molecule has 1 aliphatic rings. The molecule has 1 saturated heterocycles. The molecule has 0 spiro atoms. The van der Waals surface area contributed by atoms with E-state index in [-0.39, 0.29) is 32.4 Å². The minimum atomic E-state index is -1.08. The van der Waals surface area contributed by atoms with Gasteiger partial charge >= 0.3 is 5.91 Å². The van der Waals surface area contributed by atoms with E-state index >= 15 is 0 Å². The Morgan fingerprint density at radius 2 is 1.76 bits per heavy atom. The van der Waals surface area contributed by atoms with Crippen LogP contribution in [0.1, 0.15) is 28.3 Å².